The van der Waals surface area contributed by atoms with Crippen LogP contribution in [0, 0.1) is 17.1 Å². The summed E-state index contributed by atoms with van der Waals surface area (Å²) in [5.74, 6) is -0.400. The maximum absolute atomic E-state index is 15.1. The summed E-state index contributed by atoms with van der Waals surface area (Å²) in [6.07, 6.45) is 0.425. The molecule has 35 heavy (non-hydrogen) atoms. The number of carbonyl (C=O) groups excluding carboxylic acids is 1. The van der Waals surface area contributed by atoms with Crippen LogP contribution in [0.1, 0.15) is 19.8 Å². The van der Waals surface area contributed by atoms with E-state index in [2.05, 4.69) is 11.4 Å². The van der Waals surface area contributed by atoms with Gasteiger partial charge in [-0.1, -0.05) is 24.4 Å². The van der Waals surface area contributed by atoms with Crippen molar-refractivity contribution >= 4 is 51.9 Å². The zero-order valence-electron chi connectivity index (χ0n) is 19.6. The van der Waals surface area contributed by atoms with Gasteiger partial charge in [-0.05, 0) is 43.5 Å². The molecular formula is C24H28FN5O3S2. The van der Waals surface area contributed by atoms with E-state index in [1.807, 2.05) is 9.80 Å². The van der Waals surface area contributed by atoms with Gasteiger partial charge in [-0.15, -0.1) is 0 Å². The fraction of sp³-hybridized carbons (Fsp3) is 0.500. The normalized spacial score (nSPS) is 20.4. The van der Waals surface area contributed by atoms with Crippen LogP contribution in [0.2, 0.25) is 0 Å². The van der Waals surface area contributed by atoms with Gasteiger partial charge >= 0.3 is 6.09 Å². The highest BCUT2D eigenvalue weighted by Crippen LogP contribution is 2.31. The molecule has 186 valence electrons. The van der Waals surface area contributed by atoms with Gasteiger partial charge in [-0.2, -0.15) is 5.26 Å². The summed E-state index contributed by atoms with van der Waals surface area (Å²) in [6.45, 7) is 6.26. The molecule has 3 aliphatic heterocycles. The van der Waals surface area contributed by atoms with Gasteiger partial charge in [-0.25, -0.2) is 9.18 Å². The Morgan fingerprint density at radius 1 is 1.23 bits per heavy atom. The summed E-state index contributed by atoms with van der Waals surface area (Å²) >= 11 is 10.6. The van der Waals surface area contributed by atoms with Crippen LogP contribution in [0.15, 0.2) is 29.3 Å². The number of rotatable bonds is 5. The van der Waals surface area contributed by atoms with E-state index in [1.54, 1.807) is 19.1 Å². The van der Waals surface area contributed by atoms with Crippen molar-refractivity contribution < 1.29 is 18.7 Å². The van der Waals surface area contributed by atoms with Gasteiger partial charge in [0, 0.05) is 26.2 Å². The number of nitrogens with zero attached hydrogens (tertiary/aromatic N) is 4. The topological polar surface area (TPSA) is 81.1 Å². The lowest BCUT2D eigenvalue weighted by Crippen LogP contribution is -2.41. The molecule has 1 N–H and O–H groups in total. The average molecular weight is 518 g/mol. The van der Waals surface area contributed by atoms with E-state index in [0.29, 0.717) is 92.2 Å². The van der Waals surface area contributed by atoms with Crippen LogP contribution in [0.3, 0.4) is 0 Å². The van der Waals surface area contributed by atoms with Crippen LogP contribution in [0.4, 0.5) is 20.6 Å². The monoisotopic (exact) mass is 517 g/mol. The highest BCUT2D eigenvalue weighted by molar-refractivity contribution is 7.80. The van der Waals surface area contributed by atoms with Crippen LogP contribution < -0.4 is 15.1 Å². The third-order valence-corrected chi connectivity index (χ3v) is 6.99. The van der Waals surface area contributed by atoms with E-state index in [1.165, 1.54) is 11.0 Å². The third kappa shape index (κ3) is 5.89. The Morgan fingerprint density at radius 2 is 1.94 bits per heavy atom. The van der Waals surface area contributed by atoms with Crippen molar-refractivity contribution in [1.29, 1.82) is 5.26 Å². The summed E-state index contributed by atoms with van der Waals surface area (Å²) in [4.78, 5) is 18.9. The minimum absolute atomic E-state index is 0.324. The minimum Gasteiger partial charge on any atom is -0.442 e. The van der Waals surface area contributed by atoms with Gasteiger partial charge < -0.3 is 24.6 Å². The lowest BCUT2D eigenvalue weighted by atomic mass is 9.97. The van der Waals surface area contributed by atoms with Crippen molar-refractivity contribution in [2.24, 2.45) is 0 Å². The van der Waals surface area contributed by atoms with Crippen molar-refractivity contribution in [1.82, 2.24) is 10.2 Å². The van der Waals surface area contributed by atoms with Gasteiger partial charge in [0.15, 0.2) is 0 Å². The van der Waals surface area contributed by atoms with E-state index in [-0.39, 0.29) is 6.10 Å². The quantitative estimate of drug-likeness (QED) is 0.360. The molecule has 0 unspecified atom stereocenters. The molecule has 11 heteroatoms. The number of morpholine rings is 1. The van der Waals surface area contributed by atoms with E-state index in [4.69, 9.17) is 33.9 Å². The zero-order valence-corrected chi connectivity index (χ0v) is 21.2. The van der Waals surface area contributed by atoms with E-state index in [9.17, 15) is 10.1 Å². The smallest absolute Gasteiger partial charge is 0.414 e. The summed E-state index contributed by atoms with van der Waals surface area (Å²) in [6, 6.07) is 7.10. The van der Waals surface area contributed by atoms with Gasteiger partial charge in [-0.3, -0.25) is 4.90 Å². The molecule has 1 aromatic rings. The van der Waals surface area contributed by atoms with E-state index < -0.39 is 11.9 Å². The Morgan fingerprint density at radius 3 is 2.57 bits per heavy atom. The van der Waals surface area contributed by atoms with Crippen molar-refractivity contribution in [3.63, 3.8) is 0 Å². The number of amides is 1. The summed E-state index contributed by atoms with van der Waals surface area (Å²) < 4.78 is 25.8. The van der Waals surface area contributed by atoms with Crippen molar-refractivity contribution in [2.75, 3.05) is 62.3 Å². The molecule has 3 aliphatic rings. The first kappa shape index (κ1) is 25.3. The van der Waals surface area contributed by atoms with Gasteiger partial charge in [0.2, 0.25) is 0 Å². The number of carbonyl (C=O) groups is 1. The number of nitriles is 1. The molecule has 8 nitrogen and oxygen atoms in total. The lowest BCUT2D eigenvalue weighted by Gasteiger charge is -2.33. The largest absolute Gasteiger partial charge is 0.442 e. The molecule has 1 atom stereocenters. The van der Waals surface area contributed by atoms with Crippen molar-refractivity contribution in [3.8, 4) is 6.07 Å². The average Bonchev–Trinajstić information content (AvgIpc) is 3.24. The molecule has 0 aliphatic carbocycles. The van der Waals surface area contributed by atoms with Crippen LogP contribution in [-0.4, -0.2) is 79.6 Å². The molecule has 0 saturated carbocycles. The zero-order chi connectivity index (χ0) is 24.9. The SMILES string of the molecule is CC(=S)NC[C@H]1CN(c2ccc(N3CCC(=C(C#N)C(=S)N4CCOCC4)CC3)c(F)c2)C(=O)O1. The Balaban J connectivity index is 1.40. The number of nitrogens with one attached hydrogen (secondary N) is 1. The van der Waals surface area contributed by atoms with Gasteiger partial charge in [0.05, 0.1) is 48.2 Å². The Hall–Kier alpha value is -2.81. The van der Waals surface area contributed by atoms with Crippen molar-refractivity contribution in [3.05, 3.63) is 35.2 Å². The molecule has 0 aromatic heterocycles. The number of ether oxygens (including phenoxy) is 2. The minimum atomic E-state index is -0.501. The molecule has 3 saturated heterocycles. The molecule has 3 heterocycles. The number of halogens is 1. The third-order valence-electron chi connectivity index (χ3n) is 6.38. The standard InChI is InChI=1S/C24H28FN5O3S2/c1-16(34)27-14-19-15-30(24(31)33-19)18-2-3-22(21(25)12-18)28-6-4-17(5-7-28)20(13-26)23(35)29-8-10-32-11-9-29/h2-3,12,19H,4-11,14-15H2,1H3,(H,27,34)/t19-/m0/s1. The number of hydrogen-bond donors (Lipinski definition) is 1. The fourth-order valence-electron chi connectivity index (χ4n) is 4.49. The molecule has 0 spiro atoms. The Bertz CT molecular complexity index is 1070. The van der Waals surface area contributed by atoms with Gasteiger partial charge in [0.1, 0.15) is 23.0 Å². The first-order valence-corrected chi connectivity index (χ1v) is 12.4. The van der Waals surface area contributed by atoms with Crippen LogP contribution >= 0.6 is 24.4 Å². The number of hydrogen-bond acceptors (Lipinski definition) is 7. The molecule has 0 bridgehead atoms. The summed E-state index contributed by atoms with van der Waals surface area (Å²) in [7, 11) is 0. The number of cyclic esters (lactones) is 1. The second-order valence-electron chi connectivity index (χ2n) is 8.67. The number of benzene rings is 1. The number of thiocarbonyl (C=S) groups is 2. The first-order chi connectivity index (χ1) is 16.9. The van der Waals surface area contributed by atoms with Crippen LogP contribution in [-0.2, 0) is 9.47 Å². The molecule has 1 amide bonds. The molecule has 1 aromatic carbocycles. The predicted molar refractivity (Wildman–Crippen MR) is 139 cm³/mol. The van der Waals surface area contributed by atoms with Gasteiger partial charge in [0.25, 0.3) is 0 Å². The predicted octanol–water partition coefficient (Wildman–Crippen LogP) is 3.17. The second-order valence-corrected chi connectivity index (χ2v) is 9.67. The number of piperidine rings is 1. The fourth-order valence-corrected chi connectivity index (χ4v) is 4.94. The Kier molecular flexibility index (Phi) is 8.15. The second kappa shape index (κ2) is 11.3. The summed E-state index contributed by atoms with van der Waals surface area (Å²) in [5, 5.41) is 12.8. The van der Waals surface area contributed by atoms with Crippen molar-refractivity contribution in [2.45, 2.75) is 25.9 Å². The highest BCUT2D eigenvalue weighted by Gasteiger charge is 2.33. The lowest BCUT2D eigenvalue weighted by molar-refractivity contribution is 0.0692. The molecule has 4 rings (SSSR count). The number of anilines is 2. The van der Waals surface area contributed by atoms with Crippen LogP contribution in [0.25, 0.3) is 0 Å². The summed E-state index contributed by atoms with van der Waals surface area (Å²) in [5.41, 5.74) is 2.52. The Labute approximate surface area is 215 Å². The van der Waals surface area contributed by atoms with Crippen LogP contribution in [0.5, 0.6) is 0 Å². The highest BCUT2D eigenvalue weighted by atomic mass is 32.1. The molecule has 0 radical (unpaired) electrons. The first-order valence-electron chi connectivity index (χ1n) is 11.6. The molecular weight excluding hydrogens is 489 g/mol. The van der Waals surface area contributed by atoms with E-state index in [0.717, 1.165) is 5.57 Å². The molecule has 3 fully saturated rings. The van der Waals surface area contributed by atoms with E-state index >= 15 is 4.39 Å². The maximum Gasteiger partial charge on any atom is 0.414 e. The maximum atomic E-state index is 15.1.